The highest BCUT2D eigenvalue weighted by molar-refractivity contribution is 6.31. The summed E-state index contributed by atoms with van der Waals surface area (Å²) >= 11 is 0. The quantitative estimate of drug-likeness (QED) is 0.0847. The number of hydrogen-bond acceptors (Lipinski definition) is 1. The van der Waals surface area contributed by atoms with Crippen LogP contribution >= 0.6 is 0 Å². The van der Waals surface area contributed by atoms with E-state index in [1.165, 1.54) is 5.56 Å². The fourth-order valence-electron chi connectivity index (χ4n) is 6.32. The second kappa shape index (κ2) is 11.8. The van der Waals surface area contributed by atoms with Crippen LogP contribution in [0.25, 0.3) is 43.6 Å². The van der Waals surface area contributed by atoms with Gasteiger partial charge in [0.2, 0.25) is 0 Å². The molecule has 7 rings (SSSR count). The fraction of sp³-hybridized carbons (Fsp3) is 0.0476. The highest BCUT2D eigenvalue weighted by Gasteiger charge is 2.24. The molecule has 2 unspecified atom stereocenters. The largest absolute Gasteiger partial charge is 0.247 e. The van der Waals surface area contributed by atoms with Gasteiger partial charge in [0.05, 0.1) is 18.0 Å². The van der Waals surface area contributed by atoms with Crippen molar-refractivity contribution in [3.05, 3.63) is 186 Å². The van der Waals surface area contributed by atoms with Crippen molar-refractivity contribution in [3.8, 4) is 11.1 Å². The van der Waals surface area contributed by atoms with Crippen molar-refractivity contribution in [1.29, 1.82) is 0 Å². The molecule has 0 spiro atoms. The molecule has 2 aliphatic rings. The molecule has 0 radical (unpaired) electrons. The molecule has 0 heterocycles. The van der Waals surface area contributed by atoms with Gasteiger partial charge in [0.1, 0.15) is 0 Å². The third-order valence-corrected chi connectivity index (χ3v) is 8.40. The Balaban J connectivity index is 1.56. The monoisotopic (exact) mass is 562 g/mol. The summed E-state index contributed by atoms with van der Waals surface area (Å²) in [6.45, 7) is 11.3. The molecule has 0 aromatic heterocycles. The van der Waals surface area contributed by atoms with Gasteiger partial charge in [-0.25, -0.2) is 9.84 Å². The van der Waals surface area contributed by atoms with Gasteiger partial charge in [0.25, 0.3) is 0 Å². The Labute approximate surface area is 258 Å². The van der Waals surface area contributed by atoms with Crippen molar-refractivity contribution in [2.45, 2.75) is 0 Å². The van der Waals surface area contributed by atoms with Gasteiger partial charge < -0.3 is 0 Å². The normalized spacial score (nSPS) is 17.5. The summed E-state index contributed by atoms with van der Waals surface area (Å²) in [5.41, 5.74) is 8.01. The molecule has 0 fully saturated rings. The Kier molecular flexibility index (Phi) is 7.29. The summed E-state index contributed by atoms with van der Waals surface area (Å²) in [6, 6.07) is 33.5. The lowest BCUT2D eigenvalue weighted by Gasteiger charge is -2.25. The van der Waals surface area contributed by atoms with E-state index in [1.807, 2.05) is 30.3 Å². The van der Waals surface area contributed by atoms with Gasteiger partial charge >= 0.3 is 0 Å². The number of hydrogen-bond donors (Lipinski definition) is 0. The molecule has 0 saturated carbocycles. The van der Waals surface area contributed by atoms with E-state index in [2.05, 4.69) is 133 Å². The molecule has 5 aromatic carbocycles. The van der Waals surface area contributed by atoms with Crippen molar-refractivity contribution in [1.82, 2.24) is 0 Å². The van der Waals surface area contributed by atoms with E-state index in [9.17, 15) is 0 Å². The zero-order valence-corrected chi connectivity index (χ0v) is 24.3. The predicted molar refractivity (Wildman–Crippen MR) is 188 cm³/mol. The smallest absolute Gasteiger partial charge is 0.187 e. The summed E-state index contributed by atoms with van der Waals surface area (Å²) < 4.78 is 0. The van der Waals surface area contributed by atoms with Crippen LogP contribution < -0.4 is 0 Å². The van der Waals surface area contributed by atoms with Crippen LogP contribution in [0.1, 0.15) is 11.1 Å². The topological polar surface area (TPSA) is 16.7 Å². The molecule has 0 aliphatic heterocycles. The number of aliphatic imine (C=N–C) groups is 1. The first-order valence-corrected chi connectivity index (χ1v) is 14.9. The molecule has 0 amide bonds. The van der Waals surface area contributed by atoms with E-state index in [4.69, 9.17) is 11.6 Å². The lowest BCUT2D eigenvalue weighted by Crippen LogP contribution is -2.16. The maximum Gasteiger partial charge on any atom is 0.187 e. The molecule has 0 bridgehead atoms. The van der Waals surface area contributed by atoms with Gasteiger partial charge in [-0.1, -0.05) is 158 Å². The first-order chi connectivity index (χ1) is 21.7. The van der Waals surface area contributed by atoms with Gasteiger partial charge in [0.15, 0.2) is 5.69 Å². The fourth-order valence-corrected chi connectivity index (χ4v) is 6.32. The third kappa shape index (κ3) is 4.96. The molecule has 2 heteroatoms. The van der Waals surface area contributed by atoms with Crippen LogP contribution in [0.5, 0.6) is 0 Å². The van der Waals surface area contributed by atoms with Gasteiger partial charge in [0, 0.05) is 23.0 Å². The van der Waals surface area contributed by atoms with Gasteiger partial charge in [-0.15, -0.1) is 0 Å². The summed E-state index contributed by atoms with van der Waals surface area (Å²) in [5, 5.41) is 4.60. The van der Waals surface area contributed by atoms with E-state index in [0.29, 0.717) is 11.6 Å². The Hall–Kier alpha value is -5.78. The minimum atomic E-state index is 0.277. The van der Waals surface area contributed by atoms with Crippen molar-refractivity contribution in [3.63, 3.8) is 0 Å². The minimum Gasteiger partial charge on any atom is -0.247 e. The van der Waals surface area contributed by atoms with Crippen molar-refractivity contribution in [2.75, 3.05) is 0 Å². The van der Waals surface area contributed by atoms with E-state index in [0.717, 1.165) is 55.2 Å². The number of nitrogens with zero attached hydrogens (tertiary/aromatic N) is 2. The Morgan fingerprint density at radius 2 is 1.36 bits per heavy atom. The molecule has 0 N–H and O–H groups in total. The van der Waals surface area contributed by atoms with E-state index >= 15 is 0 Å². The molecule has 44 heavy (non-hydrogen) atoms. The maximum atomic E-state index is 7.44. The second-order valence-corrected chi connectivity index (χ2v) is 11.0. The van der Waals surface area contributed by atoms with Crippen LogP contribution in [-0.2, 0) is 0 Å². The maximum absolute atomic E-state index is 7.44. The zero-order chi connectivity index (χ0) is 29.9. The molecule has 2 aliphatic carbocycles. The van der Waals surface area contributed by atoms with Crippen LogP contribution in [0.4, 0.5) is 11.4 Å². The third-order valence-electron chi connectivity index (χ3n) is 8.40. The van der Waals surface area contributed by atoms with Gasteiger partial charge in [-0.05, 0) is 44.3 Å². The van der Waals surface area contributed by atoms with Crippen LogP contribution in [0, 0.1) is 18.4 Å². The average molecular weight is 563 g/mol. The second-order valence-electron chi connectivity index (χ2n) is 11.0. The molecular weight excluding hydrogens is 532 g/mol. The van der Waals surface area contributed by atoms with Crippen molar-refractivity contribution >= 4 is 44.7 Å². The van der Waals surface area contributed by atoms with Crippen LogP contribution in [0.2, 0.25) is 0 Å². The number of para-hydroxylation sites is 1. The number of fused-ring (bicyclic) bond motifs is 3. The first-order valence-electron chi connectivity index (χ1n) is 14.9. The highest BCUT2D eigenvalue weighted by Crippen LogP contribution is 2.42. The summed E-state index contributed by atoms with van der Waals surface area (Å²) in [6.07, 6.45) is 21.5. The standard InChI is InChI=1S/C42H30N2/c1-3-4-13-30-15-7-12-21-39(30)44-42(33-23-22-29-14-5-6-16-32(29)28-33)41-37-19-10-8-17-35(37)40(36-18-9-11-20-38(36)41)31-24-26-34(43-2)27-25-31/h3-29,32H,1H2/b13-4-,44-42?. The van der Waals surface area contributed by atoms with Gasteiger partial charge in [-0.3, -0.25) is 0 Å². The molecule has 5 aromatic rings. The zero-order valence-electron chi connectivity index (χ0n) is 24.3. The molecular formula is C42H30N2. The Morgan fingerprint density at radius 3 is 2.05 bits per heavy atom. The molecule has 2 nitrogen and oxygen atoms in total. The lowest BCUT2D eigenvalue weighted by atomic mass is 9.79. The molecule has 0 saturated heterocycles. The van der Waals surface area contributed by atoms with Crippen molar-refractivity contribution < 1.29 is 0 Å². The summed E-state index contributed by atoms with van der Waals surface area (Å²) in [5.74, 6) is 0.626. The van der Waals surface area contributed by atoms with Crippen LogP contribution in [0.15, 0.2) is 169 Å². The van der Waals surface area contributed by atoms with E-state index in [1.54, 1.807) is 6.08 Å². The number of allylic oxidation sites excluding steroid dienone is 10. The van der Waals surface area contributed by atoms with Crippen LogP contribution in [-0.4, -0.2) is 5.71 Å². The number of benzene rings is 5. The van der Waals surface area contributed by atoms with Gasteiger partial charge in [-0.2, -0.15) is 0 Å². The minimum absolute atomic E-state index is 0.277. The van der Waals surface area contributed by atoms with E-state index in [-0.39, 0.29) is 5.92 Å². The van der Waals surface area contributed by atoms with E-state index < -0.39 is 0 Å². The predicted octanol–water partition coefficient (Wildman–Crippen LogP) is 11.4. The Morgan fingerprint density at radius 1 is 0.727 bits per heavy atom. The molecule has 208 valence electrons. The first kappa shape index (κ1) is 27.1. The average Bonchev–Trinajstić information content (AvgIpc) is 3.09. The lowest BCUT2D eigenvalue weighted by molar-refractivity contribution is 0.658. The van der Waals surface area contributed by atoms with Crippen LogP contribution in [0.3, 0.4) is 0 Å². The summed E-state index contributed by atoms with van der Waals surface area (Å²) in [7, 11) is 0. The highest BCUT2D eigenvalue weighted by atomic mass is 14.8. The number of rotatable bonds is 6. The SMILES string of the molecule is [C-]#[N+]c1ccc(-c2c3ccccc3c(C(=Nc3ccccc3/C=C\C=C)C3=CC4C=CC=CC4C=C3)c3ccccc23)cc1. The summed E-state index contributed by atoms with van der Waals surface area (Å²) in [4.78, 5) is 9.12. The molecule has 2 atom stereocenters. The van der Waals surface area contributed by atoms with Crippen molar-refractivity contribution in [2.24, 2.45) is 16.8 Å². The Bertz CT molecular complexity index is 2090.